The molecule has 1 aliphatic heterocycles. The number of aliphatic hydroxyl groups excluding tert-OH is 1. The van der Waals surface area contributed by atoms with Crippen LogP contribution in [0.25, 0.3) is 5.76 Å². The van der Waals surface area contributed by atoms with Crippen LogP contribution in [0.1, 0.15) is 17.2 Å². The number of aliphatic hydroxyl groups is 1. The van der Waals surface area contributed by atoms with Crippen molar-refractivity contribution in [2.45, 2.75) is 6.04 Å². The largest absolute Gasteiger partial charge is 0.508 e. The van der Waals surface area contributed by atoms with E-state index < -0.39 is 23.5 Å². The fraction of sp³-hybridized carbons (Fsp3) is 0.120. The molecule has 1 atom stereocenters. The Balaban J connectivity index is 2.00. The number of benzene rings is 3. The highest BCUT2D eigenvalue weighted by atomic mass is 35.5. The molecule has 0 aliphatic carbocycles. The Kier molecular flexibility index (Phi) is 6.85. The molecule has 1 fully saturated rings. The summed E-state index contributed by atoms with van der Waals surface area (Å²) in [5.74, 6) is -1.89. The van der Waals surface area contributed by atoms with E-state index in [4.69, 9.17) is 44.3 Å². The summed E-state index contributed by atoms with van der Waals surface area (Å²) in [6, 6.07) is 12.1. The number of ketones is 1. The van der Waals surface area contributed by atoms with Crippen molar-refractivity contribution in [2.24, 2.45) is 0 Å². The first-order valence-corrected chi connectivity index (χ1v) is 11.3. The molecule has 1 saturated heterocycles. The van der Waals surface area contributed by atoms with Gasteiger partial charge in [-0.25, -0.2) is 0 Å². The van der Waals surface area contributed by atoms with Crippen LogP contribution < -0.4 is 14.4 Å². The number of halogens is 3. The van der Waals surface area contributed by atoms with Gasteiger partial charge in [0, 0.05) is 21.8 Å². The Bertz CT molecular complexity index is 1350. The van der Waals surface area contributed by atoms with Crippen LogP contribution in [0.3, 0.4) is 0 Å². The van der Waals surface area contributed by atoms with E-state index in [1.807, 2.05) is 0 Å². The summed E-state index contributed by atoms with van der Waals surface area (Å²) in [6.07, 6.45) is 0. The van der Waals surface area contributed by atoms with Crippen LogP contribution in [-0.2, 0) is 9.59 Å². The van der Waals surface area contributed by atoms with Crippen molar-refractivity contribution in [3.63, 3.8) is 0 Å². The highest BCUT2D eigenvalue weighted by molar-refractivity contribution is 6.52. The highest BCUT2D eigenvalue weighted by Crippen LogP contribution is 2.45. The summed E-state index contributed by atoms with van der Waals surface area (Å²) in [7, 11) is 2.80. The van der Waals surface area contributed by atoms with Gasteiger partial charge in [-0.15, -0.1) is 0 Å². The normalized spacial score (nSPS) is 17.1. The maximum absolute atomic E-state index is 13.3. The molecule has 1 unspecified atom stereocenters. The zero-order valence-electron chi connectivity index (χ0n) is 18.4. The van der Waals surface area contributed by atoms with E-state index in [0.717, 1.165) is 0 Å². The molecule has 0 radical (unpaired) electrons. The lowest BCUT2D eigenvalue weighted by molar-refractivity contribution is -0.132. The minimum Gasteiger partial charge on any atom is -0.508 e. The predicted octanol–water partition coefficient (Wildman–Crippen LogP) is 6.00. The lowest BCUT2D eigenvalue weighted by Gasteiger charge is -2.26. The van der Waals surface area contributed by atoms with Crippen LogP contribution in [0.5, 0.6) is 17.2 Å². The monoisotopic (exact) mass is 533 g/mol. The molecule has 2 N–H and O–H groups in total. The number of nitrogens with zero attached hydrogens (tertiary/aromatic N) is 1. The van der Waals surface area contributed by atoms with Crippen molar-refractivity contribution >= 4 is 57.9 Å². The van der Waals surface area contributed by atoms with Crippen LogP contribution in [0.4, 0.5) is 5.69 Å². The Morgan fingerprint density at radius 1 is 0.886 bits per heavy atom. The summed E-state index contributed by atoms with van der Waals surface area (Å²) in [6.45, 7) is 0. The van der Waals surface area contributed by atoms with E-state index in [9.17, 15) is 19.8 Å². The van der Waals surface area contributed by atoms with Crippen LogP contribution in [0, 0.1) is 0 Å². The molecule has 35 heavy (non-hydrogen) atoms. The van der Waals surface area contributed by atoms with E-state index >= 15 is 0 Å². The van der Waals surface area contributed by atoms with Gasteiger partial charge in [-0.05, 0) is 42.0 Å². The van der Waals surface area contributed by atoms with Gasteiger partial charge < -0.3 is 19.7 Å². The number of methoxy groups -OCH3 is 2. The van der Waals surface area contributed by atoms with Crippen molar-refractivity contribution in [2.75, 3.05) is 19.1 Å². The van der Waals surface area contributed by atoms with E-state index in [-0.39, 0.29) is 43.4 Å². The number of aromatic hydroxyl groups is 1. The number of hydrogen-bond donors (Lipinski definition) is 2. The van der Waals surface area contributed by atoms with E-state index in [2.05, 4.69) is 0 Å². The zero-order chi connectivity index (χ0) is 25.4. The third-order valence-electron chi connectivity index (χ3n) is 5.51. The van der Waals surface area contributed by atoms with Gasteiger partial charge in [0.05, 0.1) is 36.4 Å². The maximum Gasteiger partial charge on any atom is 0.300 e. The van der Waals surface area contributed by atoms with Gasteiger partial charge in [0.2, 0.25) is 0 Å². The number of carbonyl (C=O) groups is 2. The van der Waals surface area contributed by atoms with Gasteiger partial charge in [0.15, 0.2) is 0 Å². The Hall–Kier alpha value is -3.39. The molecular formula is C25H18Cl3NO6. The maximum atomic E-state index is 13.3. The first-order chi connectivity index (χ1) is 16.7. The number of amides is 1. The Morgan fingerprint density at radius 3 is 2.06 bits per heavy atom. The summed E-state index contributed by atoms with van der Waals surface area (Å²) >= 11 is 18.6. The SMILES string of the molecule is COc1cc(OC)c(/C(O)=C2\C(=O)C(=O)N(c3cc(Cl)cc(Cl)c3)C2c2ccc(O)cc2)cc1Cl. The number of hydrogen-bond acceptors (Lipinski definition) is 6. The second kappa shape index (κ2) is 9.70. The number of ether oxygens (including phenoxy) is 2. The number of rotatable bonds is 5. The molecule has 1 amide bonds. The molecule has 1 aliphatic rings. The average molecular weight is 535 g/mol. The van der Waals surface area contributed by atoms with Crippen LogP contribution in [-0.4, -0.2) is 36.1 Å². The van der Waals surface area contributed by atoms with Crippen LogP contribution in [0.15, 0.2) is 60.2 Å². The zero-order valence-corrected chi connectivity index (χ0v) is 20.6. The van der Waals surface area contributed by atoms with Crippen molar-refractivity contribution in [3.8, 4) is 17.2 Å². The molecule has 4 rings (SSSR count). The van der Waals surface area contributed by atoms with Crippen LogP contribution in [0.2, 0.25) is 15.1 Å². The smallest absolute Gasteiger partial charge is 0.300 e. The van der Waals surface area contributed by atoms with Crippen molar-refractivity contribution < 1.29 is 29.3 Å². The molecule has 180 valence electrons. The third kappa shape index (κ3) is 4.50. The Morgan fingerprint density at radius 2 is 1.49 bits per heavy atom. The van der Waals surface area contributed by atoms with Crippen molar-refractivity contribution in [1.29, 1.82) is 0 Å². The van der Waals surface area contributed by atoms with Gasteiger partial charge in [-0.2, -0.15) is 0 Å². The summed E-state index contributed by atoms with van der Waals surface area (Å²) in [4.78, 5) is 27.8. The third-order valence-corrected chi connectivity index (χ3v) is 6.24. The number of Topliss-reactive ketones (excluding diaryl/α,β-unsaturated/α-hetero) is 1. The molecule has 0 aromatic heterocycles. The minimum absolute atomic E-state index is 0.0138. The number of anilines is 1. The summed E-state index contributed by atoms with van der Waals surface area (Å²) < 4.78 is 10.6. The van der Waals surface area contributed by atoms with E-state index in [1.165, 1.54) is 73.7 Å². The molecule has 3 aromatic rings. The Labute approximate surface area is 215 Å². The van der Waals surface area contributed by atoms with Gasteiger partial charge in [0.1, 0.15) is 23.0 Å². The summed E-state index contributed by atoms with van der Waals surface area (Å²) in [5.41, 5.74) is 0.570. The average Bonchev–Trinajstić information content (AvgIpc) is 3.08. The lowest BCUT2D eigenvalue weighted by atomic mass is 9.94. The quantitative estimate of drug-likeness (QED) is 0.237. The van der Waals surface area contributed by atoms with Crippen LogP contribution >= 0.6 is 34.8 Å². The molecule has 0 saturated carbocycles. The number of phenolic OH excluding ortho intramolecular Hbond substituents is 1. The van der Waals surface area contributed by atoms with Gasteiger partial charge in [-0.3, -0.25) is 14.5 Å². The first kappa shape index (κ1) is 24.7. The second-order valence-corrected chi connectivity index (χ2v) is 8.86. The molecule has 0 spiro atoms. The molecule has 7 nitrogen and oxygen atoms in total. The molecular weight excluding hydrogens is 517 g/mol. The molecule has 3 aromatic carbocycles. The van der Waals surface area contributed by atoms with E-state index in [0.29, 0.717) is 11.3 Å². The van der Waals surface area contributed by atoms with E-state index in [1.54, 1.807) is 0 Å². The standard InChI is InChI=1S/C25H18Cl3NO6/c1-34-19-11-20(35-2)18(28)10-17(19)23(31)21-22(12-3-5-16(30)6-4-12)29(25(33)24(21)32)15-8-13(26)7-14(27)9-15/h3-11,22,30-31H,1-2H3/b23-21+. The number of phenols is 1. The van der Waals surface area contributed by atoms with Gasteiger partial charge in [-0.1, -0.05) is 46.9 Å². The fourth-order valence-corrected chi connectivity index (χ4v) is 4.69. The number of carbonyl (C=O) groups excluding carboxylic acids is 2. The van der Waals surface area contributed by atoms with Crippen molar-refractivity contribution in [1.82, 2.24) is 0 Å². The second-order valence-electron chi connectivity index (χ2n) is 7.58. The topological polar surface area (TPSA) is 96.3 Å². The lowest BCUT2D eigenvalue weighted by Crippen LogP contribution is -2.29. The molecule has 10 heteroatoms. The molecule has 0 bridgehead atoms. The highest BCUT2D eigenvalue weighted by Gasteiger charge is 2.47. The fourth-order valence-electron chi connectivity index (χ4n) is 3.94. The predicted molar refractivity (Wildman–Crippen MR) is 134 cm³/mol. The molecule has 1 heterocycles. The first-order valence-electron chi connectivity index (χ1n) is 10.1. The summed E-state index contributed by atoms with van der Waals surface area (Å²) in [5, 5.41) is 21.8. The van der Waals surface area contributed by atoms with Crippen molar-refractivity contribution in [3.05, 3.63) is 86.4 Å². The van der Waals surface area contributed by atoms with Gasteiger partial charge in [0.25, 0.3) is 11.7 Å². The minimum atomic E-state index is -1.07. The van der Waals surface area contributed by atoms with Gasteiger partial charge >= 0.3 is 0 Å².